The molecule has 4 aromatic rings. The van der Waals surface area contributed by atoms with E-state index in [0.717, 1.165) is 41.5 Å². The van der Waals surface area contributed by atoms with Crippen LogP contribution in [0.1, 0.15) is 59.7 Å². The molecule has 0 aliphatic rings. The van der Waals surface area contributed by atoms with E-state index in [1.165, 1.54) is 16.7 Å². The number of benzene rings is 4. The SMILES string of the molecule is CCc1ccc(C(OS(=O)(=O)c2ccc(C)cc2)(c2ccc(CC)cc2)c2ccc(CC)cc2)cc1. The maximum atomic E-state index is 13.8. The van der Waals surface area contributed by atoms with Crippen molar-refractivity contribution in [3.63, 3.8) is 0 Å². The number of aryl methyl sites for hydroxylation is 4. The number of rotatable bonds is 9. The molecule has 0 radical (unpaired) electrons. The molecule has 36 heavy (non-hydrogen) atoms. The highest BCUT2D eigenvalue weighted by atomic mass is 32.2. The molecule has 0 aromatic heterocycles. The van der Waals surface area contributed by atoms with Crippen LogP contribution in [-0.2, 0) is 39.2 Å². The summed E-state index contributed by atoms with van der Waals surface area (Å²) in [5.74, 6) is 0. The zero-order valence-corrected chi connectivity index (χ0v) is 22.3. The van der Waals surface area contributed by atoms with Crippen molar-refractivity contribution >= 4 is 10.1 Å². The highest BCUT2D eigenvalue weighted by Crippen LogP contribution is 2.43. The van der Waals surface area contributed by atoms with E-state index in [4.69, 9.17) is 4.18 Å². The lowest BCUT2D eigenvalue weighted by Gasteiger charge is -2.35. The van der Waals surface area contributed by atoms with Gasteiger partial charge in [-0.2, -0.15) is 8.42 Å². The Hall–Kier alpha value is -3.21. The van der Waals surface area contributed by atoms with Crippen LogP contribution in [0.4, 0.5) is 0 Å². The molecular formula is C32H34O3S. The summed E-state index contributed by atoms with van der Waals surface area (Å²) in [6.45, 7) is 8.25. The van der Waals surface area contributed by atoms with Crippen molar-refractivity contribution in [2.45, 2.75) is 57.5 Å². The van der Waals surface area contributed by atoms with Crippen LogP contribution in [0, 0.1) is 6.92 Å². The van der Waals surface area contributed by atoms with Crippen LogP contribution in [0.5, 0.6) is 0 Å². The van der Waals surface area contributed by atoms with E-state index in [1.54, 1.807) is 24.3 Å². The minimum absolute atomic E-state index is 0.137. The summed E-state index contributed by atoms with van der Waals surface area (Å²) in [5, 5.41) is 0. The lowest BCUT2D eigenvalue weighted by atomic mass is 9.79. The summed E-state index contributed by atoms with van der Waals surface area (Å²) < 4.78 is 34.1. The van der Waals surface area contributed by atoms with Gasteiger partial charge in [-0.05, 0) is 71.7 Å². The predicted molar refractivity (Wildman–Crippen MR) is 147 cm³/mol. The average molecular weight is 499 g/mol. The molecule has 0 fully saturated rings. The molecular weight excluding hydrogens is 464 g/mol. The van der Waals surface area contributed by atoms with Gasteiger partial charge in [-0.1, -0.05) is 111 Å². The van der Waals surface area contributed by atoms with Gasteiger partial charge in [0.15, 0.2) is 5.60 Å². The fourth-order valence-electron chi connectivity index (χ4n) is 4.49. The van der Waals surface area contributed by atoms with E-state index >= 15 is 0 Å². The summed E-state index contributed by atoms with van der Waals surface area (Å²) in [5.41, 5.74) is 5.47. The van der Waals surface area contributed by atoms with Gasteiger partial charge in [0.05, 0.1) is 4.90 Å². The molecule has 0 N–H and O–H groups in total. The molecule has 0 aliphatic heterocycles. The van der Waals surface area contributed by atoms with Crippen molar-refractivity contribution in [2.75, 3.05) is 0 Å². The van der Waals surface area contributed by atoms with Crippen LogP contribution >= 0.6 is 0 Å². The molecule has 0 spiro atoms. The highest BCUT2D eigenvalue weighted by Gasteiger charge is 2.42. The minimum Gasteiger partial charge on any atom is -0.245 e. The molecule has 4 heteroatoms. The van der Waals surface area contributed by atoms with Crippen LogP contribution < -0.4 is 0 Å². The summed E-state index contributed by atoms with van der Waals surface area (Å²) >= 11 is 0. The summed E-state index contributed by atoms with van der Waals surface area (Å²) in [6, 6.07) is 31.0. The van der Waals surface area contributed by atoms with Crippen LogP contribution in [0.25, 0.3) is 0 Å². The monoisotopic (exact) mass is 498 g/mol. The van der Waals surface area contributed by atoms with Gasteiger partial charge >= 0.3 is 0 Å². The quantitative estimate of drug-likeness (QED) is 0.179. The first-order chi connectivity index (χ1) is 17.3. The summed E-state index contributed by atoms with van der Waals surface area (Å²) in [7, 11) is -4.13. The second-order valence-electron chi connectivity index (χ2n) is 9.18. The number of hydrogen-bond donors (Lipinski definition) is 0. The molecule has 3 nitrogen and oxygen atoms in total. The Morgan fingerprint density at radius 1 is 0.556 bits per heavy atom. The fraction of sp³-hybridized carbons (Fsp3) is 0.250. The zero-order valence-electron chi connectivity index (χ0n) is 21.5. The maximum absolute atomic E-state index is 13.8. The number of hydrogen-bond acceptors (Lipinski definition) is 3. The van der Waals surface area contributed by atoms with Crippen molar-refractivity contribution in [3.8, 4) is 0 Å². The maximum Gasteiger partial charge on any atom is 0.298 e. The lowest BCUT2D eigenvalue weighted by Crippen LogP contribution is -2.35. The second kappa shape index (κ2) is 10.8. The summed E-state index contributed by atoms with van der Waals surface area (Å²) in [4.78, 5) is 0.137. The van der Waals surface area contributed by atoms with E-state index in [9.17, 15) is 8.42 Å². The van der Waals surface area contributed by atoms with Crippen molar-refractivity contribution < 1.29 is 12.6 Å². The fourth-order valence-corrected chi connectivity index (χ4v) is 5.67. The van der Waals surface area contributed by atoms with Crippen LogP contribution in [-0.4, -0.2) is 8.42 Å². The van der Waals surface area contributed by atoms with E-state index in [0.29, 0.717) is 0 Å². The van der Waals surface area contributed by atoms with Crippen LogP contribution in [0.2, 0.25) is 0 Å². The van der Waals surface area contributed by atoms with Crippen molar-refractivity contribution in [3.05, 3.63) is 136 Å². The Morgan fingerprint density at radius 3 is 1.19 bits per heavy atom. The molecule has 0 saturated carbocycles. The van der Waals surface area contributed by atoms with Gasteiger partial charge in [0.2, 0.25) is 0 Å². The largest absolute Gasteiger partial charge is 0.298 e. The Balaban J connectivity index is 2.01. The van der Waals surface area contributed by atoms with Gasteiger partial charge in [0, 0.05) is 0 Å². The van der Waals surface area contributed by atoms with Crippen molar-refractivity contribution in [2.24, 2.45) is 0 Å². The third kappa shape index (κ3) is 5.16. The third-order valence-corrected chi connectivity index (χ3v) is 8.17. The predicted octanol–water partition coefficient (Wildman–Crippen LogP) is 7.38. The Kier molecular flexibility index (Phi) is 7.77. The standard InChI is InChI=1S/C32H34O3S/c1-5-25-10-16-28(17-11-25)32(29-18-12-26(6-2)13-19-29,30-20-14-27(7-3)15-21-30)35-36(33,34)31-22-8-24(4)9-23-31/h8-23H,5-7H2,1-4H3. The molecule has 186 valence electrons. The molecule has 0 heterocycles. The summed E-state index contributed by atoms with van der Waals surface area (Å²) in [6.07, 6.45) is 2.69. The Labute approximate surface area is 215 Å². The first-order valence-electron chi connectivity index (χ1n) is 12.6. The molecule has 0 bridgehead atoms. The molecule has 0 amide bonds. The van der Waals surface area contributed by atoms with Crippen molar-refractivity contribution in [1.29, 1.82) is 0 Å². The zero-order chi connectivity index (χ0) is 25.8. The van der Waals surface area contributed by atoms with E-state index in [1.807, 2.05) is 79.7 Å². The normalized spacial score (nSPS) is 12.0. The molecule has 0 unspecified atom stereocenters. The molecule has 4 rings (SSSR count). The minimum atomic E-state index is -4.13. The van der Waals surface area contributed by atoms with Gasteiger partial charge in [-0.15, -0.1) is 0 Å². The first kappa shape index (κ1) is 25.9. The van der Waals surface area contributed by atoms with Gasteiger partial charge in [0.1, 0.15) is 0 Å². The van der Waals surface area contributed by atoms with Gasteiger partial charge in [0.25, 0.3) is 10.1 Å². The average Bonchev–Trinajstić information content (AvgIpc) is 2.92. The topological polar surface area (TPSA) is 43.4 Å². The van der Waals surface area contributed by atoms with E-state index in [-0.39, 0.29) is 4.90 Å². The molecule has 0 saturated heterocycles. The van der Waals surface area contributed by atoms with Crippen LogP contribution in [0.3, 0.4) is 0 Å². The third-order valence-electron chi connectivity index (χ3n) is 6.85. The van der Waals surface area contributed by atoms with Crippen LogP contribution in [0.15, 0.2) is 102 Å². The molecule has 0 aliphatic carbocycles. The second-order valence-corrected chi connectivity index (χ2v) is 10.7. The Morgan fingerprint density at radius 2 is 0.889 bits per heavy atom. The highest BCUT2D eigenvalue weighted by molar-refractivity contribution is 7.86. The van der Waals surface area contributed by atoms with Gasteiger partial charge < -0.3 is 0 Å². The van der Waals surface area contributed by atoms with Crippen molar-refractivity contribution in [1.82, 2.24) is 0 Å². The van der Waals surface area contributed by atoms with E-state index in [2.05, 4.69) is 20.8 Å². The molecule has 0 atom stereocenters. The van der Waals surface area contributed by atoms with Gasteiger partial charge in [-0.25, -0.2) is 4.18 Å². The smallest absolute Gasteiger partial charge is 0.245 e. The Bertz CT molecular complexity index is 1270. The lowest BCUT2D eigenvalue weighted by molar-refractivity contribution is 0.164. The van der Waals surface area contributed by atoms with E-state index < -0.39 is 15.7 Å². The van der Waals surface area contributed by atoms with Gasteiger partial charge in [-0.3, -0.25) is 0 Å². The first-order valence-corrected chi connectivity index (χ1v) is 14.0. The molecule has 4 aromatic carbocycles.